The minimum absolute atomic E-state index is 0.0674. The molecular weight excluding hydrogens is 260 g/mol. The van der Waals surface area contributed by atoms with Gasteiger partial charge in [0, 0.05) is 38.5 Å². The molecule has 20 heavy (non-hydrogen) atoms. The Morgan fingerprint density at radius 1 is 1.50 bits per heavy atom. The first-order chi connectivity index (χ1) is 9.58. The Morgan fingerprint density at radius 2 is 2.25 bits per heavy atom. The average molecular weight is 278 g/mol. The predicted octanol–water partition coefficient (Wildman–Crippen LogP) is 1.46. The first-order valence-electron chi connectivity index (χ1n) is 6.18. The summed E-state index contributed by atoms with van der Waals surface area (Å²) in [5.74, 6) is 0. The van der Waals surface area contributed by atoms with Gasteiger partial charge in [-0.2, -0.15) is 5.26 Å². The lowest BCUT2D eigenvalue weighted by atomic mass is 10.2. The third-order valence-corrected chi connectivity index (χ3v) is 2.81. The van der Waals surface area contributed by atoms with Crippen LogP contribution in [0.1, 0.15) is 5.56 Å². The number of nitrogens with zero attached hydrogens (tertiary/aromatic N) is 3. The van der Waals surface area contributed by atoms with Gasteiger partial charge in [0.1, 0.15) is 11.6 Å². The van der Waals surface area contributed by atoms with Crippen molar-refractivity contribution in [1.29, 1.82) is 5.26 Å². The molecule has 1 aromatic rings. The maximum atomic E-state index is 10.8. The molecule has 0 saturated carbocycles. The van der Waals surface area contributed by atoms with Crippen LogP contribution < -0.4 is 5.32 Å². The number of nitro groups is 1. The summed E-state index contributed by atoms with van der Waals surface area (Å²) in [5.41, 5.74) is 0.527. The maximum Gasteiger partial charge on any atom is 0.289 e. The highest BCUT2D eigenvalue weighted by Crippen LogP contribution is 2.22. The second kappa shape index (κ2) is 8.09. The molecule has 1 rings (SSSR count). The van der Waals surface area contributed by atoms with Crippen molar-refractivity contribution >= 4 is 11.4 Å². The molecule has 7 nitrogen and oxygen atoms in total. The van der Waals surface area contributed by atoms with E-state index in [0.29, 0.717) is 18.8 Å². The van der Waals surface area contributed by atoms with Crippen molar-refractivity contribution in [3.05, 3.63) is 33.9 Å². The Labute approximate surface area is 117 Å². The summed E-state index contributed by atoms with van der Waals surface area (Å²) in [7, 11) is 3.63. The average Bonchev–Trinajstić information content (AvgIpc) is 2.44. The molecule has 0 aliphatic carbocycles. The Kier molecular flexibility index (Phi) is 6.43. The van der Waals surface area contributed by atoms with Gasteiger partial charge >= 0.3 is 0 Å². The predicted molar refractivity (Wildman–Crippen MR) is 75.7 cm³/mol. The molecule has 0 fully saturated rings. The highest BCUT2D eigenvalue weighted by atomic mass is 16.6. The van der Waals surface area contributed by atoms with Crippen molar-refractivity contribution in [3.63, 3.8) is 0 Å². The number of ether oxygens (including phenoxy) is 1. The lowest BCUT2D eigenvalue weighted by molar-refractivity contribution is -0.385. The standard InChI is InChI=1S/C13H18N4O3/c1-16(7-8-20-2)6-5-15-12-4-3-11(10-14)13(9-12)17(18)19/h3-4,9,15H,5-8H2,1-2H3. The van der Waals surface area contributed by atoms with E-state index < -0.39 is 4.92 Å². The number of nitro benzene ring substituents is 1. The normalized spacial score (nSPS) is 10.3. The molecular formula is C13H18N4O3. The van der Waals surface area contributed by atoms with Crippen LogP contribution in [-0.4, -0.2) is 50.2 Å². The zero-order valence-corrected chi connectivity index (χ0v) is 11.6. The number of nitrogens with one attached hydrogen (secondary N) is 1. The van der Waals surface area contributed by atoms with Gasteiger partial charge in [0.05, 0.1) is 11.5 Å². The van der Waals surface area contributed by atoms with E-state index in [0.717, 1.165) is 13.1 Å². The third-order valence-electron chi connectivity index (χ3n) is 2.81. The minimum Gasteiger partial charge on any atom is -0.384 e. The highest BCUT2D eigenvalue weighted by Gasteiger charge is 2.13. The zero-order valence-electron chi connectivity index (χ0n) is 11.6. The third kappa shape index (κ3) is 4.84. The van der Waals surface area contributed by atoms with Crippen molar-refractivity contribution in [3.8, 4) is 6.07 Å². The van der Waals surface area contributed by atoms with Crippen LogP contribution >= 0.6 is 0 Å². The molecule has 0 atom stereocenters. The molecule has 1 aromatic carbocycles. The van der Waals surface area contributed by atoms with Gasteiger partial charge in [-0.25, -0.2) is 0 Å². The fourth-order valence-electron chi connectivity index (χ4n) is 1.64. The van der Waals surface area contributed by atoms with E-state index in [2.05, 4.69) is 10.2 Å². The zero-order chi connectivity index (χ0) is 15.0. The summed E-state index contributed by atoms with van der Waals surface area (Å²) in [5, 5.41) is 22.7. The summed E-state index contributed by atoms with van der Waals surface area (Å²) < 4.78 is 4.98. The van der Waals surface area contributed by atoms with E-state index in [-0.39, 0.29) is 11.3 Å². The SMILES string of the molecule is COCCN(C)CCNc1ccc(C#N)c([N+](=O)[O-])c1. The first-order valence-corrected chi connectivity index (χ1v) is 6.18. The lowest BCUT2D eigenvalue weighted by Crippen LogP contribution is -2.28. The van der Waals surface area contributed by atoms with E-state index in [1.54, 1.807) is 13.2 Å². The molecule has 1 N–H and O–H groups in total. The molecule has 0 amide bonds. The van der Waals surface area contributed by atoms with Gasteiger partial charge in [-0.05, 0) is 19.2 Å². The maximum absolute atomic E-state index is 10.8. The van der Waals surface area contributed by atoms with Gasteiger partial charge in [-0.1, -0.05) is 0 Å². The number of likely N-dealkylation sites (N-methyl/N-ethyl adjacent to an activating group) is 1. The second-order valence-corrected chi connectivity index (χ2v) is 4.32. The van der Waals surface area contributed by atoms with Crippen LogP contribution in [0.3, 0.4) is 0 Å². The smallest absolute Gasteiger partial charge is 0.289 e. The van der Waals surface area contributed by atoms with Crippen LogP contribution in [0.25, 0.3) is 0 Å². The van der Waals surface area contributed by atoms with Crippen LogP contribution in [0, 0.1) is 21.4 Å². The molecule has 0 spiro atoms. The number of rotatable bonds is 8. The molecule has 0 aliphatic heterocycles. The Balaban J connectivity index is 2.55. The monoisotopic (exact) mass is 278 g/mol. The number of hydrogen-bond donors (Lipinski definition) is 1. The van der Waals surface area contributed by atoms with Crippen LogP contribution in [-0.2, 0) is 4.74 Å². The van der Waals surface area contributed by atoms with Gasteiger partial charge in [0.15, 0.2) is 0 Å². The number of anilines is 1. The van der Waals surface area contributed by atoms with Crippen molar-refractivity contribution < 1.29 is 9.66 Å². The fraction of sp³-hybridized carbons (Fsp3) is 0.462. The molecule has 0 aliphatic rings. The number of benzene rings is 1. The number of hydrogen-bond acceptors (Lipinski definition) is 6. The van der Waals surface area contributed by atoms with E-state index in [1.807, 2.05) is 13.1 Å². The van der Waals surface area contributed by atoms with Crippen molar-refractivity contribution in [2.45, 2.75) is 0 Å². The summed E-state index contributed by atoms with van der Waals surface area (Å²) >= 11 is 0. The van der Waals surface area contributed by atoms with Crippen molar-refractivity contribution in [2.24, 2.45) is 0 Å². The molecule has 0 aromatic heterocycles. The molecule has 0 heterocycles. The van der Waals surface area contributed by atoms with Gasteiger partial charge in [0.2, 0.25) is 0 Å². The molecule has 0 bridgehead atoms. The fourth-order valence-corrected chi connectivity index (χ4v) is 1.64. The van der Waals surface area contributed by atoms with Crippen LogP contribution in [0.5, 0.6) is 0 Å². The van der Waals surface area contributed by atoms with E-state index >= 15 is 0 Å². The topological polar surface area (TPSA) is 91.4 Å². The Morgan fingerprint density at radius 3 is 2.85 bits per heavy atom. The minimum atomic E-state index is -0.547. The lowest BCUT2D eigenvalue weighted by Gasteiger charge is -2.16. The summed E-state index contributed by atoms with van der Waals surface area (Å²) in [6.07, 6.45) is 0. The first kappa shape index (κ1) is 15.9. The Bertz CT molecular complexity index is 499. The quantitative estimate of drug-likeness (QED) is 0.571. The van der Waals surface area contributed by atoms with Gasteiger partial charge in [-0.15, -0.1) is 0 Å². The van der Waals surface area contributed by atoms with E-state index in [4.69, 9.17) is 10.00 Å². The summed E-state index contributed by atoms with van der Waals surface area (Å²) in [6.45, 7) is 2.94. The second-order valence-electron chi connectivity index (χ2n) is 4.32. The molecule has 0 unspecified atom stereocenters. The summed E-state index contributed by atoms with van der Waals surface area (Å²) in [6, 6.07) is 6.31. The van der Waals surface area contributed by atoms with Crippen LogP contribution in [0.15, 0.2) is 18.2 Å². The highest BCUT2D eigenvalue weighted by molar-refractivity contribution is 5.59. The molecule has 0 saturated heterocycles. The molecule has 108 valence electrons. The van der Waals surface area contributed by atoms with Crippen molar-refractivity contribution in [1.82, 2.24) is 4.90 Å². The van der Waals surface area contributed by atoms with Crippen LogP contribution in [0.4, 0.5) is 11.4 Å². The molecule has 0 radical (unpaired) electrons. The van der Waals surface area contributed by atoms with Crippen LogP contribution in [0.2, 0.25) is 0 Å². The van der Waals surface area contributed by atoms with Gasteiger partial charge < -0.3 is 15.0 Å². The number of methoxy groups -OCH3 is 1. The Hall–Kier alpha value is -2.17. The summed E-state index contributed by atoms with van der Waals surface area (Å²) in [4.78, 5) is 12.4. The number of nitriles is 1. The van der Waals surface area contributed by atoms with E-state index in [9.17, 15) is 10.1 Å². The van der Waals surface area contributed by atoms with Gasteiger partial charge in [-0.3, -0.25) is 10.1 Å². The molecule has 7 heteroatoms. The largest absolute Gasteiger partial charge is 0.384 e. The van der Waals surface area contributed by atoms with E-state index in [1.165, 1.54) is 12.1 Å². The van der Waals surface area contributed by atoms with Gasteiger partial charge in [0.25, 0.3) is 5.69 Å². The van der Waals surface area contributed by atoms with Crippen molar-refractivity contribution in [2.75, 3.05) is 45.7 Å².